The average molecular weight is 374 g/mol. The molecule has 3 aromatic rings. The highest BCUT2D eigenvalue weighted by molar-refractivity contribution is 5.88. The van der Waals surface area contributed by atoms with Crippen LogP contribution in [-0.4, -0.2) is 23.3 Å². The van der Waals surface area contributed by atoms with Crippen molar-refractivity contribution in [1.82, 2.24) is 10.3 Å². The third kappa shape index (κ3) is 4.98. The van der Waals surface area contributed by atoms with Crippen LogP contribution in [0.1, 0.15) is 23.6 Å². The molecule has 142 valence electrons. The highest BCUT2D eigenvalue weighted by Gasteiger charge is 2.06. The highest BCUT2D eigenvalue weighted by atomic mass is 16.2. The largest absolute Gasteiger partial charge is 0.361 e. The Morgan fingerprint density at radius 2 is 1.86 bits per heavy atom. The second-order valence-corrected chi connectivity index (χ2v) is 6.68. The van der Waals surface area contributed by atoms with Gasteiger partial charge in [-0.15, -0.1) is 0 Å². The molecule has 2 aromatic carbocycles. The van der Waals surface area contributed by atoms with Crippen molar-refractivity contribution in [3.63, 3.8) is 0 Å². The molecule has 0 spiro atoms. The van der Waals surface area contributed by atoms with Gasteiger partial charge in [0.2, 0.25) is 11.8 Å². The second kappa shape index (κ2) is 8.87. The zero-order valence-electron chi connectivity index (χ0n) is 15.7. The van der Waals surface area contributed by atoms with Gasteiger partial charge in [-0.1, -0.05) is 18.2 Å². The van der Waals surface area contributed by atoms with E-state index in [1.807, 2.05) is 30.5 Å². The normalized spacial score (nSPS) is 10.4. The molecule has 0 saturated carbocycles. The summed E-state index contributed by atoms with van der Waals surface area (Å²) in [6, 6.07) is 15.5. The van der Waals surface area contributed by atoms with E-state index in [0.717, 1.165) is 34.0 Å². The number of aromatic amines is 1. The number of rotatable bonds is 7. The number of H-pyrrole nitrogens is 1. The minimum Gasteiger partial charge on any atom is -0.361 e. The number of benzene rings is 2. The van der Waals surface area contributed by atoms with Gasteiger partial charge in [-0.05, 0) is 47.4 Å². The molecule has 0 fully saturated rings. The van der Waals surface area contributed by atoms with Crippen molar-refractivity contribution in [2.24, 2.45) is 0 Å². The van der Waals surface area contributed by atoms with Crippen LogP contribution in [0.4, 0.5) is 5.69 Å². The molecule has 3 rings (SSSR count). The van der Waals surface area contributed by atoms with Crippen LogP contribution in [0.2, 0.25) is 0 Å². The molecule has 28 heavy (non-hydrogen) atoms. The van der Waals surface area contributed by atoms with Gasteiger partial charge in [0.15, 0.2) is 0 Å². The standard InChI is InChI=1S/C22H22N4O2/c1-15(27)26-19-5-2-16(3-6-19)13-22(28)24-11-9-17-4-7-21-20(12-17)18(8-10-23)14-25-21/h2-7,12,14,25H,8-9,11,13H2,1H3,(H,24,28)(H,26,27). The number of nitrogens with one attached hydrogen (secondary N) is 3. The molecule has 6 nitrogen and oxygen atoms in total. The summed E-state index contributed by atoms with van der Waals surface area (Å²) in [5.74, 6) is -0.164. The predicted octanol–water partition coefficient (Wildman–Crippen LogP) is 3.09. The van der Waals surface area contributed by atoms with Crippen LogP contribution in [0.5, 0.6) is 0 Å². The zero-order chi connectivity index (χ0) is 19.9. The van der Waals surface area contributed by atoms with E-state index in [1.165, 1.54) is 6.92 Å². The molecule has 0 aliphatic rings. The monoisotopic (exact) mass is 374 g/mol. The highest BCUT2D eigenvalue weighted by Crippen LogP contribution is 2.20. The molecule has 0 atom stereocenters. The lowest BCUT2D eigenvalue weighted by molar-refractivity contribution is -0.120. The van der Waals surface area contributed by atoms with E-state index >= 15 is 0 Å². The zero-order valence-corrected chi connectivity index (χ0v) is 15.7. The van der Waals surface area contributed by atoms with Crippen LogP contribution in [0, 0.1) is 11.3 Å². The quantitative estimate of drug-likeness (QED) is 0.593. The first-order valence-electron chi connectivity index (χ1n) is 9.14. The Bertz CT molecular complexity index is 1030. The maximum absolute atomic E-state index is 12.2. The SMILES string of the molecule is CC(=O)Nc1ccc(CC(=O)NCCc2ccc3[nH]cc(CC#N)c3c2)cc1. The van der Waals surface area contributed by atoms with Gasteiger partial charge >= 0.3 is 0 Å². The summed E-state index contributed by atoms with van der Waals surface area (Å²) in [6.45, 7) is 2.01. The number of nitrogens with zero attached hydrogens (tertiary/aromatic N) is 1. The molecule has 1 heterocycles. The number of fused-ring (bicyclic) bond motifs is 1. The Balaban J connectivity index is 1.51. The molecular weight excluding hydrogens is 352 g/mol. The van der Waals surface area contributed by atoms with E-state index in [-0.39, 0.29) is 11.8 Å². The van der Waals surface area contributed by atoms with E-state index in [2.05, 4.69) is 27.8 Å². The molecule has 6 heteroatoms. The lowest BCUT2D eigenvalue weighted by Crippen LogP contribution is -2.27. The summed E-state index contributed by atoms with van der Waals surface area (Å²) in [7, 11) is 0. The van der Waals surface area contributed by atoms with Crippen molar-refractivity contribution in [2.75, 3.05) is 11.9 Å². The lowest BCUT2D eigenvalue weighted by Gasteiger charge is -2.07. The Morgan fingerprint density at radius 3 is 2.57 bits per heavy atom. The molecule has 0 bridgehead atoms. The van der Waals surface area contributed by atoms with Gasteiger partial charge in [-0.3, -0.25) is 9.59 Å². The Morgan fingerprint density at radius 1 is 1.11 bits per heavy atom. The molecule has 0 unspecified atom stereocenters. The van der Waals surface area contributed by atoms with Gasteiger partial charge in [0.05, 0.1) is 18.9 Å². The number of amides is 2. The van der Waals surface area contributed by atoms with Gasteiger partial charge in [-0.2, -0.15) is 5.26 Å². The summed E-state index contributed by atoms with van der Waals surface area (Å²) in [5, 5.41) is 15.6. The number of hydrogen-bond donors (Lipinski definition) is 3. The van der Waals surface area contributed by atoms with Gasteiger partial charge < -0.3 is 15.6 Å². The van der Waals surface area contributed by atoms with Crippen molar-refractivity contribution in [1.29, 1.82) is 5.26 Å². The number of hydrogen-bond acceptors (Lipinski definition) is 3. The molecular formula is C22H22N4O2. The Hall–Kier alpha value is -3.59. The fraction of sp³-hybridized carbons (Fsp3) is 0.227. The molecule has 0 radical (unpaired) electrons. The Labute approximate surface area is 163 Å². The van der Waals surface area contributed by atoms with Crippen LogP contribution in [0.3, 0.4) is 0 Å². The van der Waals surface area contributed by atoms with Crippen molar-refractivity contribution in [3.05, 3.63) is 65.4 Å². The smallest absolute Gasteiger partial charge is 0.224 e. The topological polar surface area (TPSA) is 97.8 Å². The Kier molecular flexibility index (Phi) is 6.07. The van der Waals surface area contributed by atoms with Gasteiger partial charge in [-0.25, -0.2) is 0 Å². The number of carbonyl (C=O) groups is 2. The van der Waals surface area contributed by atoms with Gasteiger partial charge in [0, 0.05) is 36.3 Å². The van der Waals surface area contributed by atoms with Crippen molar-refractivity contribution >= 4 is 28.4 Å². The van der Waals surface area contributed by atoms with E-state index in [0.29, 0.717) is 25.1 Å². The van der Waals surface area contributed by atoms with E-state index in [4.69, 9.17) is 5.26 Å². The number of aromatic nitrogens is 1. The van der Waals surface area contributed by atoms with Crippen molar-refractivity contribution < 1.29 is 9.59 Å². The number of nitriles is 1. The maximum Gasteiger partial charge on any atom is 0.224 e. The van der Waals surface area contributed by atoms with E-state index in [9.17, 15) is 9.59 Å². The third-order valence-corrected chi connectivity index (χ3v) is 4.48. The molecule has 0 aliphatic heterocycles. The molecule has 0 saturated heterocycles. The summed E-state index contributed by atoms with van der Waals surface area (Å²) < 4.78 is 0. The van der Waals surface area contributed by atoms with Crippen LogP contribution < -0.4 is 10.6 Å². The van der Waals surface area contributed by atoms with Crippen LogP contribution in [0.15, 0.2) is 48.7 Å². The first-order valence-corrected chi connectivity index (χ1v) is 9.14. The summed E-state index contributed by atoms with van der Waals surface area (Å²) in [6.07, 6.45) is 3.27. The summed E-state index contributed by atoms with van der Waals surface area (Å²) >= 11 is 0. The van der Waals surface area contributed by atoms with Gasteiger partial charge in [0.1, 0.15) is 0 Å². The van der Waals surface area contributed by atoms with Crippen LogP contribution in [-0.2, 0) is 28.9 Å². The van der Waals surface area contributed by atoms with Crippen molar-refractivity contribution in [2.45, 2.75) is 26.2 Å². The molecule has 2 amide bonds. The minimum atomic E-state index is -0.122. The molecule has 3 N–H and O–H groups in total. The van der Waals surface area contributed by atoms with Gasteiger partial charge in [0.25, 0.3) is 0 Å². The predicted molar refractivity (Wildman–Crippen MR) is 109 cm³/mol. The second-order valence-electron chi connectivity index (χ2n) is 6.68. The average Bonchev–Trinajstić information content (AvgIpc) is 3.06. The first kappa shape index (κ1) is 19.2. The van der Waals surface area contributed by atoms with Crippen LogP contribution >= 0.6 is 0 Å². The first-order chi connectivity index (χ1) is 13.5. The minimum absolute atomic E-state index is 0.0415. The maximum atomic E-state index is 12.2. The molecule has 0 aliphatic carbocycles. The number of anilines is 1. The number of carbonyl (C=O) groups excluding carboxylic acids is 2. The fourth-order valence-corrected chi connectivity index (χ4v) is 3.12. The fourth-order valence-electron chi connectivity index (χ4n) is 3.12. The summed E-state index contributed by atoms with van der Waals surface area (Å²) in [5.41, 5.74) is 4.73. The lowest BCUT2D eigenvalue weighted by atomic mass is 10.1. The van der Waals surface area contributed by atoms with Crippen LogP contribution in [0.25, 0.3) is 10.9 Å². The third-order valence-electron chi connectivity index (χ3n) is 4.48. The van der Waals surface area contributed by atoms with Crippen molar-refractivity contribution in [3.8, 4) is 6.07 Å². The molecule has 1 aromatic heterocycles. The summed E-state index contributed by atoms with van der Waals surface area (Å²) in [4.78, 5) is 26.4. The van der Waals surface area contributed by atoms with E-state index < -0.39 is 0 Å². The van der Waals surface area contributed by atoms with E-state index in [1.54, 1.807) is 12.1 Å².